The monoisotopic (exact) mass is 881 g/mol. The van der Waals surface area contributed by atoms with Gasteiger partial charge in [-0.05, 0) is 101 Å². The summed E-state index contributed by atoms with van der Waals surface area (Å²) in [6, 6.07) is 83.6. The van der Waals surface area contributed by atoms with Crippen molar-refractivity contribution < 1.29 is 4.42 Å². The van der Waals surface area contributed by atoms with Gasteiger partial charge in [0.05, 0.1) is 22.1 Å². The molecule has 6 nitrogen and oxygen atoms in total. The van der Waals surface area contributed by atoms with Crippen molar-refractivity contribution >= 4 is 65.6 Å². The van der Waals surface area contributed by atoms with Crippen LogP contribution >= 0.6 is 0 Å². The Bertz CT molecular complexity index is 4260. The second-order valence-corrected chi connectivity index (χ2v) is 17.6. The Kier molecular flexibility index (Phi) is 8.79. The molecular formula is C63H39N5O. The lowest BCUT2D eigenvalue weighted by Gasteiger charge is -2.12. The Morgan fingerprint density at radius 2 is 0.681 bits per heavy atom. The predicted molar refractivity (Wildman–Crippen MR) is 283 cm³/mol. The van der Waals surface area contributed by atoms with E-state index in [9.17, 15) is 0 Å². The Labute approximate surface area is 396 Å². The highest BCUT2D eigenvalue weighted by molar-refractivity contribution is 6.13. The van der Waals surface area contributed by atoms with Gasteiger partial charge in [-0.3, -0.25) is 0 Å². The van der Waals surface area contributed by atoms with Crippen molar-refractivity contribution in [3.05, 3.63) is 237 Å². The lowest BCUT2D eigenvalue weighted by Crippen LogP contribution is -2.00. The molecule has 0 radical (unpaired) electrons. The third-order valence-electron chi connectivity index (χ3n) is 13.6. The highest BCUT2D eigenvalue weighted by Crippen LogP contribution is 2.40. The van der Waals surface area contributed by atoms with Gasteiger partial charge in [0, 0.05) is 60.4 Å². The topological polar surface area (TPSA) is 61.7 Å². The predicted octanol–water partition coefficient (Wildman–Crippen LogP) is 16.3. The van der Waals surface area contributed by atoms with Crippen LogP contribution in [0.3, 0.4) is 0 Å². The molecule has 0 fully saturated rings. The molecule has 0 amide bonds. The van der Waals surface area contributed by atoms with Gasteiger partial charge in [0.1, 0.15) is 11.2 Å². The molecule has 0 saturated carbocycles. The van der Waals surface area contributed by atoms with E-state index < -0.39 is 0 Å². The summed E-state index contributed by atoms with van der Waals surface area (Å²) in [6.45, 7) is 0. The Morgan fingerprint density at radius 1 is 0.246 bits per heavy atom. The van der Waals surface area contributed by atoms with Crippen molar-refractivity contribution in [1.82, 2.24) is 24.1 Å². The van der Waals surface area contributed by atoms with E-state index in [-0.39, 0.29) is 0 Å². The molecule has 0 bridgehead atoms. The summed E-state index contributed by atoms with van der Waals surface area (Å²) in [5, 5.41) is 7.09. The van der Waals surface area contributed by atoms with E-state index in [0.29, 0.717) is 17.5 Å². The molecule has 69 heavy (non-hydrogen) atoms. The van der Waals surface area contributed by atoms with Crippen LogP contribution in [0.5, 0.6) is 0 Å². The Hall–Kier alpha value is -9.39. The molecular weight excluding hydrogens is 843 g/mol. The van der Waals surface area contributed by atoms with Crippen molar-refractivity contribution in [2.45, 2.75) is 0 Å². The second-order valence-electron chi connectivity index (χ2n) is 17.6. The van der Waals surface area contributed by atoms with Crippen molar-refractivity contribution in [1.29, 1.82) is 0 Å². The van der Waals surface area contributed by atoms with Crippen LogP contribution < -0.4 is 0 Å². The number of fused-ring (bicyclic) bond motifs is 9. The minimum atomic E-state index is 0.630. The molecule has 14 aromatic rings. The standard InChI is InChI=1S/C63H39N5O/c1-3-15-40(16-4-1)61-64-62(41-17-5-2-6-18-41)66-63(65-61)46-21-13-19-42(35-46)43-20-14-22-47(36-43)67-55-26-10-7-23-49(55)52-37-44(29-32-57(52)67)45-30-33-58-53(38-45)50-24-8-11-27-56(50)68(58)48-31-34-60-54(39-48)51-25-9-12-28-59(51)69-60/h1-39H. The molecule has 0 aliphatic heterocycles. The van der Waals surface area contributed by atoms with E-state index in [1.165, 1.54) is 38.2 Å². The molecule has 0 spiro atoms. The SMILES string of the molecule is c1ccc(-c2nc(-c3ccccc3)nc(-c3cccc(-c4cccc(-n5c6ccccc6c6cc(-c7ccc8c(c7)c7ccccc7n8-c7ccc8oc9ccccc9c8c7)ccc65)c4)c3)n2)cc1. The lowest BCUT2D eigenvalue weighted by molar-refractivity contribution is 0.669. The van der Waals surface area contributed by atoms with Gasteiger partial charge >= 0.3 is 0 Å². The summed E-state index contributed by atoms with van der Waals surface area (Å²) in [7, 11) is 0. The van der Waals surface area contributed by atoms with Crippen LogP contribution in [0, 0.1) is 0 Å². The highest BCUT2D eigenvalue weighted by Gasteiger charge is 2.19. The molecule has 10 aromatic carbocycles. The maximum Gasteiger partial charge on any atom is 0.164 e. The van der Waals surface area contributed by atoms with E-state index in [1.807, 2.05) is 72.8 Å². The number of nitrogens with zero attached hydrogens (tertiary/aromatic N) is 5. The zero-order chi connectivity index (χ0) is 45.4. The molecule has 0 atom stereocenters. The summed E-state index contributed by atoms with van der Waals surface area (Å²) >= 11 is 0. The summed E-state index contributed by atoms with van der Waals surface area (Å²) in [5.74, 6) is 1.91. The van der Waals surface area contributed by atoms with Crippen LogP contribution in [0.25, 0.3) is 133 Å². The van der Waals surface area contributed by atoms with Crippen LogP contribution in [-0.4, -0.2) is 24.1 Å². The fourth-order valence-electron chi connectivity index (χ4n) is 10.3. The summed E-state index contributed by atoms with van der Waals surface area (Å²) < 4.78 is 11.0. The first-order chi connectivity index (χ1) is 34.2. The molecule has 0 aliphatic carbocycles. The summed E-state index contributed by atoms with van der Waals surface area (Å²) in [4.78, 5) is 14.9. The van der Waals surface area contributed by atoms with Crippen LogP contribution in [-0.2, 0) is 0 Å². The first-order valence-corrected chi connectivity index (χ1v) is 23.3. The van der Waals surface area contributed by atoms with Gasteiger partial charge in [0.15, 0.2) is 17.5 Å². The molecule has 322 valence electrons. The number of aromatic nitrogens is 5. The highest BCUT2D eigenvalue weighted by atomic mass is 16.3. The average Bonchev–Trinajstić information content (AvgIpc) is 4.08. The summed E-state index contributed by atoms with van der Waals surface area (Å²) in [5.41, 5.74) is 16.0. The average molecular weight is 882 g/mol. The molecule has 0 saturated heterocycles. The van der Waals surface area contributed by atoms with Crippen LogP contribution in [0.2, 0.25) is 0 Å². The zero-order valence-corrected chi connectivity index (χ0v) is 37.2. The van der Waals surface area contributed by atoms with Gasteiger partial charge in [-0.2, -0.15) is 0 Å². The minimum Gasteiger partial charge on any atom is -0.456 e. The second kappa shape index (κ2) is 15.6. The quantitative estimate of drug-likeness (QED) is 0.160. The van der Waals surface area contributed by atoms with E-state index in [4.69, 9.17) is 19.4 Å². The van der Waals surface area contributed by atoms with Crippen molar-refractivity contribution in [2.75, 3.05) is 0 Å². The molecule has 4 aromatic heterocycles. The van der Waals surface area contributed by atoms with Crippen LogP contribution in [0.4, 0.5) is 0 Å². The Balaban J connectivity index is 0.850. The lowest BCUT2D eigenvalue weighted by atomic mass is 10.0. The number of hydrogen-bond acceptors (Lipinski definition) is 4. The minimum absolute atomic E-state index is 0.630. The van der Waals surface area contributed by atoms with Gasteiger partial charge in [-0.25, -0.2) is 15.0 Å². The molecule has 6 heteroatoms. The van der Waals surface area contributed by atoms with E-state index in [0.717, 1.165) is 77.7 Å². The number of furan rings is 1. The maximum absolute atomic E-state index is 6.20. The van der Waals surface area contributed by atoms with Gasteiger partial charge < -0.3 is 13.6 Å². The molecule has 14 rings (SSSR count). The zero-order valence-electron chi connectivity index (χ0n) is 37.2. The molecule has 0 aliphatic rings. The number of benzene rings is 10. The van der Waals surface area contributed by atoms with Crippen molar-refractivity contribution in [3.8, 4) is 67.8 Å². The van der Waals surface area contributed by atoms with Gasteiger partial charge in [0.2, 0.25) is 0 Å². The van der Waals surface area contributed by atoms with Gasteiger partial charge in [-0.1, -0.05) is 158 Å². The van der Waals surface area contributed by atoms with Crippen LogP contribution in [0.15, 0.2) is 241 Å². The smallest absolute Gasteiger partial charge is 0.164 e. The number of para-hydroxylation sites is 3. The molecule has 0 N–H and O–H groups in total. The number of hydrogen-bond donors (Lipinski definition) is 0. The first-order valence-electron chi connectivity index (χ1n) is 23.3. The van der Waals surface area contributed by atoms with E-state index in [1.54, 1.807) is 0 Å². The Morgan fingerprint density at radius 3 is 1.30 bits per heavy atom. The van der Waals surface area contributed by atoms with Crippen molar-refractivity contribution in [3.63, 3.8) is 0 Å². The van der Waals surface area contributed by atoms with E-state index >= 15 is 0 Å². The molecule has 4 heterocycles. The van der Waals surface area contributed by atoms with Crippen LogP contribution in [0.1, 0.15) is 0 Å². The van der Waals surface area contributed by atoms with Crippen molar-refractivity contribution in [2.24, 2.45) is 0 Å². The number of rotatable bonds is 7. The first kappa shape index (κ1) is 38.8. The van der Waals surface area contributed by atoms with Gasteiger partial charge in [0.25, 0.3) is 0 Å². The fourth-order valence-corrected chi connectivity index (χ4v) is 10.3. The maximum atomic E-state index is 6.20. The van der Waals surface area contributed by atoms with E-state index in [2.05, 4.69) is 173 Å². The third-order valence-corrected chi connectivity index (χ3v) is 13.6. The van der Waals surface area contributed by atoms with Gasteiger partial charge in [-0.15, -0.1) is 0 Å². The normalized spacial score (nSPS) is 11.8. The largest absolute Gasteiger partial charge is 0.456 e. The fraction of sp³-hybridized carbons (Fsp3) is 0. The third kappa shape index (κ3) is 6.45. The molecule has 0 unspecified atom stereocenters. The summed E-state index contributed by atoms with van der Waals surface area (Å²) in [6.07, 6.45) is 0.